The Bertz CT molecular complexity index is 910. The van der Waals surface area contributed by atoms with Crippen molar-refractivity contribution < 1.29 is 89.0 Å². The molecule has 0 saturated heterocycles. The number of nitrogens with zero attached hydrogens (tertiary/aromatic N) is 1. The summed E-state index contributed by atoms with van der Waals surface area (Å²) in [6.45, 7) is 1.04. The largest absolute Gasteiger partial charge is 0.460 e. The zero-order chi connectivity index (χ0) is 31.1. The zero-order valence-electron chi connectivity index (χ0n) is 18.4. The van der Waals surface area contributed by atoms with Gasteiger partial charge in [-0.2, -0.15) is 74.6 Å². The topological polar surface area (TPSA) is 46.6 Å². The van der Waals surface area contributed by atoms with E-state index >= 15 is 0 Å². The van der Waals surface area contributed by atoms with Gasteiger partial charge in [-0.1, -0.05) is 6.58 Å². The first-order valence-corrected chi connectivity index (χ1v) is 9.28. The maximum atomic E-state index is 14.0. The first-order valence-electron chi connectivity index (χ1n) is 9.28. The van der Waals surface area contributed by atoms with E-state index in [4.69, 9.17) is 0 Å². The predicted octanol–water partition coefficient (Wildman–Crippen LogP) is 5.96. The van der Waals surface area contributed by atoms with Gasteiger partial charge in [-0.25, -0.2) is 4.79 Å². The number of hydrogen-bond donors (Lipinski definition) is 0. The van der Waals surface area contributed by atoms with E-state index in [1.165, 1.54) is 0 Å². The van der Waals surface area contributed by atoms with Crippen molar-refractivity contribution in [3.05, 3.63) is 12.2 Å². The van der Waals surface area contributed by atoms with Crippen molar-refractivity contribution >= 4 is 11.9 Å². The number of halogens is 17. The van der Waals surface area contributed by atoms with Gasteiger partial charge in [0.1, 0.15) is 6.61 Å². The Kier molecular flexibility index (Phi) is 9.56. The zero-order valence-corrected chi connectivity index (χ0v) is 18.4. The lowest BCUT2D eigenvalue weighted by Crippen LogP contribution is -2.75. The summed E-state index contributed by atoms with van der Waals surface area (Å²) in [6.07, 6.45) is -7.86. The molecule has 0 bridgehead atoms. The van der Waals surface area contributed by atoms with Crippen molar-refractivity contribution in [1.29, 1.82) is 0 Å². The van der Waals surface area contributed by atoms with Crippen molar-refractivity contribution in [2.24, 2.45) is 0 Å². The second-order valence-electron chi connectivity index (χ2n) is 7.32. The molecule has 0 heterocycles. The number of likely N-dealkylation sites (N-methyl/N-ethyl adjacent to an activating group) is 1. The molecule has 0 aliphatic heterocycles. The molecular weight excluding hydrogens is 589 g/mol. The van der Waals surface area contributed by atoms with Crippen LogP contribution in [0.15, 0.2) is 12.2 Å². The highest BCUT2D eigenvalue weighted by Crippen LogP contribution is 2.64. The summed E-state index contributed by atoms with van der Waals surface area (Å²) in [4.78, 5) is 22.3. The molecule has 0 unspecified atom stereocenters. The van der Waals surface area contributed by atoms with Gasteiger partial charge >= 0.3 is 53.6 Å². The number of carbonyl (C=O) groups excluding carboxylic acids is 2. The van der Waals surface area contributed by atoms with E-state index in [2.05, 4.69) is 11.3 Å². The van der Waals surface area contributed by atoms with E-state index in [9.17, 15) is 84.2 Å². The highest BCUT2D eigenvalue weighted by molar-refractivity contribution is 5.87. The monoisotopic (exact) mass is 603 g/mol. The van der Waals surface area contributed by atoms with Crippen LogP contribution in [0.2, 0.25) is 0 Å². The summed E-state index contributed by atoms with van der Waals surface area (Å²) in [5, 5.41) is 0. The van der Waals surface area contributed by atoms with E-state index in [1.54, 1.807) is 0 Å². The Hall–Kier alpha value is -2.51. The Balaban J connectivity index is 6.54. The summed E-state index contributed by atoms with van der Waals surface area (Å²) < 4.78 is 230. The van der Waals surface area contributed by atoms with Crippen LogP contribution in [0.1, 0.15) is 13.8 Å². The highest BCUT2D eigenvalue weighted by atomic mass is 19.4. The van der Waals surface area contributed by atoms with Crippen LogP contribution in [0, 0.1) is 0 Å². The third-order valence-electron chi connectivity index (χ3n) is 4.60. The molecule has 0 aliphatic carbocycles. The Morgan fingerprint density at radius 1 is 0.658 bits per heavy atom. The van der Waals surface area contributed by atoms with Gasteiger partial charge in [0.2, 0.25) is 0 Å². The number of ether oxygens (including phenoxy) is 1. The summed E-state index contributed by atoms with van der Waals surface area (Å²) in [5.74, 6) is -63.2. The van der Waals surface area contributed by atoms with E-state index in [0.717, 1.165) is 6.92 Å². The van der Waals surface area contributed by atoms with E-state index < -0.39 is 84.1 Å². The quantitative estimate of drug-likeness (QED) is 0.157. The van der Waals surface area contributed by atoms with Gasteiger partial charge in [-0.15, -0.1) is 0 Å². The number of esters is 1. The van der Waals surface area contributed by atoms with Crippen molar-refractivity contribution in [2.45, 2.75) is 61.5 Å². The highest BCUT2D eigenvalue weighted by Gasteiger charge is 2.95. The molecule has 1 amide bonds. The molecule has 0 atom stereocenters. The number of rotatable bonds is 12. The normalized spacial score (nSPS) is 14.8. The van der Waals surface area contributed by atoms with Gasteiger partial charge in [-0.05, 0) is 13.8 Å². The third-order valence-corrected chi connectivity index (χ3v) is 4.60. The van der Waals surface area contributed by atoms with E-state index in [-0.39, 0.29) is 5.57 Å². The van der Waals surface area contributed by atoms with Gasteiger partial charge in [0, 0.05) is 12.1 Å². The molecule has 0 spiro atoms. The Labute approximate surface area is 200 Å². The van der Waals surface area contributed by atoms with Gasteiger partial charge in [0.15, 0.2) is 0 Å². The van der Waals surface area contributed by atoms with Gasteiger partial charge < -0.3 is 9.64 Å². The fourth-order valence-corrected chi connectivity index (χ4v) is 2.27. The van der Waals surface area contributed by atoms with Gasteiger partial charge in [0.25, 0.3) is 5.91 Å². The van der Waals surface area contributed by atoms with Crippen LogP contribution in [0.5, 0.6) is 0 Å². The van der Waals surface area contributed by atoms with Crippen molar-refractivity contribution in [2.75, 3.05) is 19.7 Å². The number of alkyl halides is 17. The molecule has 0 saturated carbocycles. The summed E-state index contributed by atoms with van der Waals surface area (Å²) in [7, 11) is 0. The minimum absolute atomic E-state index is 0.341. The fourth-order valence-electron chi connectivity index (χ4n) is 2.27. The minimum atomic E-state index is -8.79. The SMILES string of the molecule is C=C(C)C(=O)OCCN(CC)C(=O)C(F)(F)C(F)(F)C(F)(F)C(F)(F)C(F)(F)C(F)(F)C(F)(F)C(F)(F)F. The smallest absolute Gasteiger partial charge is 0.460 e. The molecule has 0 aromatic rings. The second-order valence-corrected chi connectivity index (χ2v) is 7.32. The molecule has 38 heavy (non-hydrogen) atoms. The molecule has 224 valence electrons. The molecule has 0 fully saturated rings. The fraction of sp³-hybridized carbons (Fsp3) is 0.765. The standard InChI is InChI=1S/C17H14F17NO3/c1-4-35(5-6-38-8(36)7(2)3)9(37)10(18,19)11(20,21)12(22,23)13(24,25)14(26,27)15(28,29)16(30,31)17(32,33)34/h2,4-6H2,1,3H3. The van der Waals surface area contributed by atoms with Crippen LogP contribution in [0.25, 0.3) is 0 Å². The molecule has 0 radical (unpaired) electrons. The van der Waals surface area contributed by atoms with E-state index in [0.29, 0.717) is 6.92 Å². The maximum Gasteiger partial charge on any atom is 0.460 e. The number of carbonyl (C=O) groups is 2. The lowest BCUT2D eigenvalue weighted by molar-refractivity contribution is -0.459. The maximum absolute atomic E-state index is 14.0. The van der Waals surface area contributed by atoms with Crippen LogP contribution < -0.4 is 0 Å². The van der Waals surface area contributed by atoms with Crippen LogP contribution in [0.3, 0.4) is 0 Å². The molecule has 21 heteroatoms. The molecule has 0 rings (SSSR count). The van der Waals surface area contributed by atoms with Crippen molar-refractivity contribution in [1.82, 2.24) is 4.90 Å². The van der Waals surface area contributed by atoms with Gasteiger partial charge in [-0.3, -0.25) is 4.79 Å². The lowest BCUT2D eigenvalue weighted by atomic mass is 9.88. The molecule has 0 aromatic carbocycles. The average molecular weight is 603 g/mol. The van der Waals surface area contributed by atoms with Crippen molar-refractivity contribution in [3.8, 4) is 0 Å². The summed E-state index contributed by atoms with van der Waals surface area (Å²) >= 11 is 0. The second kappa shape index (κ2) is 10.2. The van der Waals surface area contributed by atoms with Gasteiger partial charge in [0.05, 0.1) is 6.54 Å². The van der Waals surface area contributed by atoms with Crippen LogP contribution in [-0.2, 0) is 14.3 Å². The molecule has 4 nitrogen and oxygen atoms in total. The van der Waals surface area contributed by atoms with Crippen molar-refractivity contribution in [3.63, 3.8) is 0 Å². The lowest BCUT2D eigenvalue weighted by Gasteiger charge is -2.42. The Morgan fingerprint density at radius 2 is 1.00 bits per heavy atom. The molecule has 0 aliphatic rings. The first-order chi connectivity index (χ1) is 16.4. The molecule has 0 aromatic heterocycles. The average Bonchev–Trinajstić information content (AvgIpc) is 2.74. The molecule has 0 N–H and O–H groups in total. The molecular formula is C17H14F17NO3. The van der Waals surface area contributed by atoms with Crippen LogP contribution in [-0.4, -0.2) is 84.1 Å². The predicted molar refractivity (Wildman–Crippen MR) is 88.7 cm³/mol. The summed E-state index contributed by atoms with van der Waals surface area (Å²) in [6, 6.07) is 0. The number of hydrogen-bond acceptors (Lipinski definition) is 3. The third kappa shape index (κ3) is 5.20. The minimum Gasteiger partial charge on any atom is -0.460 e. The number of amides is 1. The van der Waals surface area contributed by atoms with Crippen LogP contribution >= 0.6 is 0 Å². The first kappa shape index (κ1) is 35.5. The van der Waals surface area contributed by atoms with Crippen LogP contribution in [0.4, 0.5) is 74.6 Å². The Morgan fingerprint density at radius 3 is 1.32 bits per heavy atom. The van der Waals surface area contributed by atoms with E-state index in [1.807, 2.05) is 0 Å². The summed E-state index contributed by atoms with van der Waals surface area (Å²) in [5.41, 5.74) is -0.341.